The predicted molar refractivity (Wildman–Crippen MR) is 124 cm³/mol. The maximum atomic E-state index is 13.0. The first-order valence-electron chi connectivity index (χ1n) is 11.3. The topological polar surface area (TPSA) is 112 Å². The van der Waals surface area contributed by atoms with E-state index in [4.69, 9.17) is 15.2 Å². The van der Waals surface area contributed by atoms with Crippen molar-refractivity contribution < 1.29 is 27.8 Å². The molecule has 0 spiro atoms. The third kappa shape index (κ3) is 5.20. The molecule has 3 heterocycles. The first-order chi connectivity index (χ1) is 16.9. The second-order valence-electron chi connectivity index (χ2n) is 8.47. The number of ether oxygens (including phenoxy) is 3. The van der Waals surface area contributed by atoms with Crippen molar-refractivity contribution in [3.63, 3.8) is 0 Å². The van der Waals surface area contributed by atoms with E-state index in [-0.39, 0.29) is 17.1 Å². The number of carbonyl (C=O) groups excluding carboxylic acids is 1. The number of alkyl halides is 2. The Balaban J connectivity index is 0.000000894. The average Bonchev–Trinajstić information content (AvgIpc) is 3.68. The van der Waals surface area contributed by atoms with E-state index in [1.807, 2.05) is 12.1 Å². The summed E-state index contributed by atoms with van der Waals surface area (Å²) in [6, 6.07) is 8.91. The second kappa shape index (κ2) is 10.3. The number of amides is 1. The number of primary amides is 1. The minimum atomic E-state index is -3.15. The van der Waals surface area contributed by atoms with Gasteiger partial charge in [-0.3, -0.25) is 4.79 Å². The first kappa shape index (κ1) is 24.4. The van der Waals surface area contributed by atoms with Crippen LogP contribution in [0.4, 0.5) is 8.78 Å². The Hall–Kier alpha value is -3.71. The van der Waals surface area contributed by atoms with Gasteiger partial charge in [0.05, 0.1) is 30.3 Å². The van der Waals surface area contributed by atoms with Crippen LogP contribution in [0, 0.1) is 11.3 Å². The minimum Gasteiger partial charge on any atom is -0.496 e. The standard InChI is InChI=1S/C22H20F2N4O4.C3H6/c1-30-17-8-13(9-18(32-21(23)24)19(17)20(26)29)15-10-27-28-11-14(2-3-16(15)28)22(12-25)4-6-31-7-5-22;1-2-3-1/h2-3,8-11,21H,4-7H2,1H3,(H2,26,29);1-3H2. The van der Waals surface area contributed by atoms with Gasteiger partial charge in [0, 0.05) is 25.0 Å². The van der Waals surface area contributed by atoms with Crippen LogP contribution in [0.3, 0.4) is 0 Å². The fourth-order valence-corrected chi connectivity index (χ4v) is 4.01. The molecule has 5 rings (SSSR count). The van der Waals surface area contributed by atoms with E-state index >= 15 is 0 Å². The molecule has 8 nitrogen and oxygen atoms in total. The van der Waals surface area contributed by atoms with Gasteiger partial charge >= 0.3 is 6.61 Å². The molecule has 0 unspecified atom stereocenters. The molecule has 35 heavy (non-hydrogen) atoms. The van der Waals surface area contributed by atoms with E-state index in [9.17, 15) is 18.8 Å². The number of aromatic nitrogens is 2. The van der Waals surface area contributed by atoms with Crippen LogP contribution in [0.25, 0.3) is 16.6 Å². The molecule has 1 saturated carbocycles. The summed E-state index contributed by atoms with van der Waals surface area (Å²) in [7, 11) is 1.30. The van der Waals surface area contributed by atoms with Crippen molar-refractivity contribution in [3.8, 4) is 28.7 Å². The van der Waals surface area contributed by atoms with E-state index < -0.39 is 17.9 Å². The van der Waals surface area contributed by atoms with Crippen LogP contribution >= 0.6 is 0 Å². The molecular weight excluding hydrogens is 458 g/mol. The summed E-state index contributed by atoms with van der Waals surface area (Å²) in [5.74, 6) is -1.33. The van der Waals surface area contributed by atoms with Crippen LogP contribution in [-0.4, -0.2) is 42.5 Å². The number of carbonyl (C=O) groups is 1. The number of nitriles is 1. The Morgan fingerprint density at radius 2 is 1.91 bits per heavy atom. The van der Waals surface area contributed by atoms with Gasteiger partial charge in [0.25, 0.3) is 5.91 Å². The van der Waals surface area contributed by atoms with Gasteiger partial charge in [-0.25, -0.2) is 4.52 Å². The van der Waals surface area contributed by atoms with E-state index in [0.29, 0.717) is 42.7 Å². The van der Waals surface area contributed by atoms with Gasteiger partial charge in [0.15, 0.2) is 0 Å². The SMILES string of the molecule is C1CC1.COc1cc(-c2cnn3cc(C4(C#N)CCOCC4)ccc23)cc(OC(F)F)c1C(N)=O. The van der Waals surface area contributed by atoms with Crippen molar-refractivity contribution in [1.82, 2.24) is 9.61 Å². The highest BCUT2D eigenvalue weighted by atomic mass is 19.3. The molecule has 2 N–H and O–H groups in total. The molecule has 2 aromatic heterocycles. The van der Waals surface area contributed by atoms with Gasteiger partial charge in [0.2, 0.25) is 0 Å². The Kier molecular flexibility index (Phi) is 7.17. The summed E-state index contributed by atoms with van der Waals surface area (Å²) in [6.07, 6.45) is 9.03. The van der Waals surface area contributed by atoms with E-state index in [1.165, 1.54) is 38.5 Å². The van der Waals surface area contributed by atoms with Crippen LogP contribution < -0.4 is 15.2 Å². The highest BCUT2D eigenvalue weighted by molar-refractivity contribution is 6.00. The smallest absolute Gasteiger partial charge is 0.387 e. The molecule has 1 saturated heterocycles. The third-order valence-electron chi connectivity index (χ3n) is 6.04. The number of methoxy groups -OCH3 is 1. The summed E-state index contributed by atoms with van der Waals surface area (Å²) in [5, 5.41) is 14.2. The zero-order valence-electron chi connectivity index (χ0n) is 19.3. The maximum absolute atomic E-state index is 13.0. The van der Waals surface area contributed by atoms with Crippen molar-refractivity contribution in [1.29, 1.82) is 5.26 Å². The van der Waals surface area contributed by atoms with Gasteiger partial charge in [-0.15, -0.1) is 0 Å². The molecule has 1 amide bonds. The molecule has 1 aromatic carbocycles. The zero-order valence-corrected chi connectivity index (χ0v) is 19.3. The molecule has 1 aliphatic heterocycles. The molecule has 2 aliphatic rings. The van der Waals surface area contributed by atoms with Crippen molar-refractivity contribution >= 4 is 11.4 Å². The van der Waals surface area contributed by atoms with Crippen LogP contribution in [0.5, 0.6) is 11.5 Å². The summed E-state index contributed by atoms with van der Waals surface area (Å²) in [5.41, 5.74) is 6.97. The first-order valence-corrected chi connectivity index (χ1v) is 11.3. The number of hydrogen-bond acceptors (Lipinski definition) is 6. The molecule has 184 valence electrons. The second-order valence-corrected chi connectivity index (χ2v) is 8.47. The van der Waals surface area contributed by atoms with Crippen LogP contribution in [0.15, 0.2) is 36.7 Å². The van der Waals surface area contributed by atoms with E-state index in [1.54, 1.807) is 16.9 Å². The lowest BCUT2D eigenvalue weighted by molar-refractivity contribution is -0.0502. The number of benzene rings is 1. The number of hydrogen-bond donors (Lipinski definition) is 1. The fraction of sp³-hybridized carbons (Fsp3) is 0.400. The number of halogens is 2. The Bertz CT molecular complexity index is 1260. The summed E-state index contributed by atoms with van der Waals surface area (Å²) in [6.45, 7) is -2.13. The fourth-order valence-electron chi connectivity index (χ4n) is 4.01. The quantitative estimate of drug-likeness (QED) is 0.553. The largest absolute Gasteiger partial charge is 0.496 e. The Labute approximate surface area is 201 Å². The number of nitrogens with zero attached hydrogens (tertiary/aromatic N) is 3. The molecule has 10 heteroatoms. The molecular formula is C25H26F2N4O4. The summed E-state index contributed by atoms with van der Waals surface area (Å²) < 4.78 is 42.7. The average molecular weight is 485 g/mol. The minimum absolute atomic E-state index is 0.00672. The molecule has 0 atom stereocenters. The van der Waals surface area contributed by atoms with E-state index in [0.717, 1.165) is 5.56 Å². The van der Waals surface area contributed by atoms with Crippen molar-refractivity contribution in [2.24, 2.45) is 5.73 Å². The lowest BCUT2D eigenvalue weighted by atomic mass is 9.76. The predicted octanol–water partition coefficient (Wildman–Crippen LogP) is 4.45. The molecule has 3 aromatic rings. The van der Waals surface area contributed by atoms with Gasteiger partial charge in [0.1, 0.15) is 17.1 Å². The lowest BCUT2D eigenvalue weighted by Gasteiger charge is -2.30. The van der Waals surface area contributed by atoms with Crippen LogP contribution in [0.2, 0.25) is 0 Å². The Morgan fingerprint density at radius 1 is 1.23 bits per heavy atom. The monoisotopic (exact) mass is 484 g/mol. The molecule has 0 radical (unpaired) electrons. The van der Waals surface area contributed by atoms with Crippen LogP contribution in [-0.2, 0) is 10.2 Å². The van der Waals surface area contributed by atoms with Crippen molar-refractivity contribution in [2.75, 3.05) is 20.3 Å². The van der Waals surface area contributed by atoms with Gasteiger partial charge in [-0.05, 0) is 42.2 Å². The van der Waals surface area contributed by atoms with Crippen molar-refractivity contribution in [3.05, 3.63) is 47.8 Å². The molecule has 0 bridgehead atoms. The highest BCUT2D eigenvalue weighted by Gasteiger charge is 2.35. The number of pyridine rings is 1. The zero-order chi connectivity index (χ0) is 25.0. The molecule has 1 aliphatic carbocycles. The van der Waals surface area contributed by atoms with Gasteiger partial charge in [-0.1, -0.05) is 25.3 Å². The number of rotatable bonds is 6. The Morgan fingerprint density at radius 3 is 2.49 bits per heavy atom. The van der Waals surface area contributed by atoms with Crippen molar-refractivity contribution in [2.45, 2.75) is 44.1 Å². The van der Waals surface area contributed by atoms with Gasteiger partial charge < -0.3 is 19.9 Å². The highest BCUT2D eigenvalue weighted by Crippen LogP contribution is 2.38. The summed E-state index contributed by atoms with van der Waals surface area (Å²) in [4.78, 5) is 11.8. The van der Waals surface area contributed by atoms with E-state index in [2.05, 4.69) is 15.9 Å². The third-order valence-corrected chi connectivity index (χ3v) is 6.04. The molecule has 2 fully saturated rings. The lowest BCUT2D eigenvalue weighted by Crippen LogP contribution is -2.32. The summed E-state index contributed by atoms with van der Waals surface area (Å²) >= 11 is 0. The number of fused-ring (bicyclic) bond motifs is 1. The van der Waals surface area contributed by atoms with Gasteiger partial charge in [-0.2, -0.15) is 19.1 Å². The maximum Gasteiger partial charge on any atom is 0.387 e. The normalized spacial score (nSPS) is 16.2. The number of nitrogens with two attached hydrogens (primary N) is 1. The van der Waals surface area contributed by atoms with Crippen LogP contribution in [0.1, 0.15) is 48.0 Å².